The average molecular weight is 316 g/mol. The van der Waals surface area contributed by atoms with E-state index in [2.05, 4.69) is 20.9 Å². The fourth-order valence-corrected chi connectivity index (χ4v) is 2.22. The summed E-state index contributed by atoms with van der Waals surface area (Å²) >= 11 is 0. The Morgan fingerprint density at radius 1 is 1.43 bits per heavy atom. The molecule has 1 unspecified atom stereocenters. The number of nitrogens with zero attached hydrogens (tertiary/aromatic N) is 3. The van der Waals surface area contributed by atoms with Crippen LogP contribution < -0.4 is 10.7 Å². The second-order valence-electron chi connectivity index (χ2n) is 6.21. The predicted molar refractivity (Wildman–Crippen MR) is 86.9 cm³/mol. The Morgan fingerprint density at radius 2 is 2.09 bits per heavy atom. The van der Waals surface area contributed by atoms with Gasteiger partial charge >= 0.3 is 0 Å². The zero-order valence-electron chi connectivity index (χ0n) is 13.8. The zero-order chi connectivity index (χ0) is 17.0. The van der Waals surface area contributed by atoms with E-state index < -0.39 is 11.6 Å². The van der Waals surface area contributed by atoms with E-state index in [0.29, 0.717) is 12.2 Å². The molecule has 0 spiro atoms. The van der Waals surface area contributed by atoms with Gasteiger partial charge in [-0.15, -0.1) is 0 Å². The monoisotopic (exact) mass is 316 g/mol. The van der Waals surface area contributed by atoms with Gasteiger partial charge in [-0.3, -0.25) is 20.5 Å². The van der Waals surface area contributed by atoms with Crippen molar-refractivity contribution in [1.29, 1.82) is 0 Å². The van der Waals surface area contributed by atoms with Crippen LogP contribution >= 0.6 is 0 Å². The van der Waals surface area contributed by atoms with E-state index in [0.717, 1.165) is 5.56 Å². The lowest BCUT2D eigenvalue weighted by Gasteiger charge is -2.42. The smallest absolute Gasteiger partial charge is 0.292 e. The number of amides is 1. The SMILES string of the molecule is [CH]=C1NN(C(C)(C)C)C(=O)C(=NOC)C1NCc1ccncc1. The van der Waals surface area contributed by atoms with Gasteiger partial charge in [0.2, 0.25) is 0 Å². The second-order valence-corrected chi connectivity index (χ2v) is 6.21. The summed E-state index contributed by atoms with van der Waals surface area (Å²) in [4.78, 5) is 21.5. The highest BCUT2D eigenvalue weighted by Gasteiger charge is 2.40. The lowest BCUT2D eigenvalue weighted by Crippen LogP contribution is -2.65. The molecular weight excluding hydrogens is 294 g/mol. The van der Waals surface area contributed by atoms with Crippen LogP contribution in [0.2, 0.25) is 0 Å². The minimum absolute atomic E-state index is 0.215. The van der Waals surface area contributed by atoms with Crippen molar-refractivity contribution in [3.05, 3.63) is 42.4 Å². The Balaban J connectivity index is 2.20. The van der Waals surface area contributed by atoms with Crippen LogP contribution in [0.4, 0.5) is 0 Å². The summed E-state index contributed by atoms with van der Waals surface area (Å²) in [6.45, 7) is 12.3. The summed E-state index contributed by atoms with van der Waals surface area (Å²) < 4.78 is 0. The summed E-state index contributed by atoms with van der Waals surface area (Å²) in [6, 6.07) is 3.22. The molecule has 2 N–H and O–H groups in total. The molecular formula is C16H22N5O2. The second kappa shape index (κ2) is 6.78. The highest BCUT2D eigenvalue weighted by Crippen LogP contribution is 2.19. The maximum absolute atomic E-state index is 12.7. The Morgan fingerprint density at radius 3 is 2.65 bits per heavy atom. The lowest BCUT2D eigenvalue weighted by molar-refractivity contribution is -0.133. The first kappa shape index (κ1) is 17.0. The molecule has 0 saturated carbocycles. The van der Waals surface area contributed by atoms with Crippen LogP contribution in [0.3, 0.4) is 0 Å². The Kier molecular flexibility index (Phi) is 5.00. The maximum atomic E-state index is 12.7. The van der Waals surface area contributed by atoms with Crippen LogP contribution in [0.5, 0.6) is 0 Å². The Labute approximate surface area is 136 Å². The molecule has 0 aliphatic carbocycles. The largest absolute Gasteiger partial charge is 0.399 e. The zero-order valence-corrected chi connectivity index (χ0v) is 13.8. The summed E-state index contributed by atoms with van der Waals surface area (Å²) in [5.41, 5.74) is 4.13. The number of hydrogen-bond acceptors (Lipinski definition) is 6. The van der Waals surface area contributed by atoms with Crippen molar-refractivity contribution in [2.75, 3.05) is 7.11 Å². The third-order valence-corrected chi connectivity index (χ3v) is 3.37. The van der Waals surface area contributed by atoms with Crippen molar-refractivity contribution in [3.63, 3.8) is 0 Å². The summed E-state index contributed by atoms with van der Waals surface area (Å²) in [5.74, 6) is -0.277. The number of oxime groups is 1. The molecule has 7 heteroatoms. The van der Waals surface area contributed by atoms with Gasteiger partial charge in [0, 0.05) is 18.9 Å². The van der Waals surface area contributed by atoms with Gasteiger partial charge in [0.25, 0.3) is 5.91 Å². The minimum Gasteiger partial charge on any atom is -0.399 e. The van der Waals surface area contributed by atoms with Crippen molar-refractivity contribution in [1.82, 2.24) is 20.7 Å². The topological polar surface area (TPSA) is 78.9 Å². The lowest BCUT2D eigenvalue weighted by atomic mass is 10.0. The van der Waals surface area contributed by atoms with E-state index in [9.17, 15) is 4.79 Å². The third kappa shape index (κ3) is 3.87. The molecule has 1 saturated heterocycles. The number of rotatable bonds is 4. The van der Waals surface area contributed by atoms with Crippen LogP contribution in [-0.4, -0.2) is 40.3 Å². The number of nitrogens with one attached hydrogen (secondary N) is 2. The van der Waals surface area contributed by atoms with E-state index in [4.69, 9.17) is 11.4 Å². The maximum Gasteiger partial charge on any atom is 0.292 e. The highest BCUT2D eigenvalue weighted by molar-refractivity contribution is 6.42. The molecule has 123 valence electrons. The van der Waals surface area contributed by atoms with Crippen molar-refractivity contribution in [2.24, 2.45) is 5.16 Å². The van der Waals surface area contributed by atoms with Crippen LogP contribution in [0.25, 0.3) is 0 Å². The van der Waals surface area contributed by atoms with Gasteiger partial charge in [0.1, 0.15) is 13.2 Å². The number of hydrogen-bond donors (Lipinski definition) is 2. The van der Waals surface area contributed by atoms with Crippen molar-refractivity contribution in [2.45, 2.75) is 38.9 Å². The summed E-state index contributed by atoms with van der Waals surface area (Å²) in [6.07, 6.45) is 3.42. The molecule has 0 aromatic carbocycles. The molecule has 1 radical (unpaired) electrons. The third-order valence-electron chi connectivity index (χ3n) is 3.37. The van der Waals surface area contributed by atoms with Crippen LogP contribution in [0.15, 0.2) is 35.4 Å². The molecule has 1 atom stereocenters. The Bertz CT molecular complexity index is 607. The number of hydrazine groups is 1. The molecule has 1 aliphatic heterocycles. The highest BCUT2D eigenvalue weighted by atomic mass is 16.6. The molecule has 1 aromatic rings. The van der Waals surface area contributed by atoms with Crippen molar-refractivity contribution < 1.29 is 9.63 Å². The summed E-state index contributed by atoms with van der Waals surface area (Å²) in [5, 5.41) is 8.55. The van der Waals surface area contributed by atoms with Gasteiger partial charge in [-0.05, 0) is 45.0 Å². The van der Waals surface area contributed by atoms with E-state index >= 15 is 0 Å². The van der Waals surface area contributed by atoms with E-state index in [1.807, 2.05) is 32.9 Å². The summed E-state index contributed by atoms with van der Waals surface area (Å²) in [7, 11) is 1.40. The standard InChI is InChI=1S/C16H22N5O2/c1-11-13(18-10-12-6-8-17-9-7-12)14(20-23-5)15(22)21(19-11)16(2,3)4/h1,6-9,13,18-19H,10H2,2-5H3. The van der Waals surface area contributed by atoms with Gasteiger partial charge in [0.15, 0.2) is 5.71 Å². The molecule has 2 heterocycles. The first-order chi connectivity index (χ1) is 10.8. The molecule has 1 fully saturated rings. The molecule has 1 amide bonds. The number of aromatic nitrogens is 1. The number of pyridine rings is 1. The number of carbonyl (C=O) groups excluding carboxylic acids is 1. The van der Waals surface area contributed by atoms with Gasteiger partial charge in [0.05, 0.1) is 11.2 Å². The Hall–Kier alpha value is -2.41. The molecule has 1 aliphatic rings. The van der Waals surface area contributed by atoms with Gasteiger partial charge in [-0.1, -0.05) is 5.16 Å². The molecule has 23 heavy (non-hydrogen) atoms. The van der Waals surface area contributed by atoms with Crippen LogP contribution in [0.1, 0.15) is 26.3 Å². The van der Waals surface area contributed by atoms with Crippen LogP contribution in [-0.2, 0) is 16.2 Å². The first-order valence-electron chi connectivity index (χ1n) is 7.31. The number of carbonyl (C=O) groups is 1. The van der Waals surface area contributed by atoms with Gasteiger partial charge in [-0.25, -0.2) is 5.01 Å². The average Bonchev–Trinajstić information content (AvgIpc) is 2.50. The molecule has 7 nitrogen and oxygen atoms in total. The molecule has 0 bridgehead atoms. The minimum atomic E-state index is -0.547. The normalized spacial score (nSPS) is 20.6. The van der Waals surface area contributed by atoms with E-state index in [1.54, 1.807) is 12.4 Å². The molecule has 1 aromatic heterocycles. The predicted octanol–water partition coefficient (Wildman–Crippen LogP) is 1.00. The van der Waals surface area contributed by atoms with Gasteiger partial charge < -0.3 is 4.84 Å². The van der Waals surface area contributed by atoms with E-state index in [1.165, 1.54) is 12.1 Å². The van der Waals surface area contributed by atoms with E-state index in [-0.39, 0.29) is 11.6 Å². The fourth-order valence-electron chi connectivity index (χ4n) is 2.22. The van der Waals surface area contributed by atoms with Crippen LogP contribution in [0, 0.1) is 6.58 Å². The van der Waals surface area contributed by atoms with Crippen molar-refractivity contribution >= 4 is 11.6 Å². The first-order valence-corrected chi connectivity index (χ1v) is 7.31. The fraction of sp³-hybridized carbons (Fsp3) is 0.438. The molecule has 2 rings (SSSR count). The quantitative estimate of drug-likeness (QED) is 0.810. The van der Waals surface area contributed by atoms with Crippen molar-refractivity contribution in [3.8, 4) is 0 Å². The van der Waals surface area contributed by atoms with Gasteiger partial charge in [-0.2, -0.15) is 0 Å².